The summed E-state index contributed by atoms with van der Waals surface area (Å²) in [6.07, 6.45) is 5.15. The molecule has 0 spiro atoms. The number of carbonyl (C=O) groups excluding carboxylic acids is 1. The first-order valence-corrected chi connectivity index (χ1v) is 7.18. The van der Waals surface area contributed by atoms with E-state index in [0.717, 1.165) is 32.5 Å². The zero-order valence-corrected chi connectivity index (χ0v) is 12.3. The van der Waals surface area contributed by atoms with E-state index in [-0.39, 0.29) is 5.91 Å². The Balaban J connectivity index is 1.81. The van der Waals surface area contributed by atoms with Gasteiger partial charge in [-0.15, -0.1) is 0 Å². The molecule has 1 aliphatic rings. The molecule has 112 valence electrons. The first-order chi connectivity index (χ1) is 9.66. The van der Waals surface area contributed by atoms with Crippen LogP contribution in [-0.2, 0) is 16.1 Å². The fraction of sp³-hybridized carbons (Fsp3) is 0.714. The van der Waals surface area contributed by atoms with Gasteiger partial charge in [0.1, 0.15) is 5.60 Å². The Hall–Kier alpha value is -1.40. The van der Waals surface area contributed by atoms with Crippen LogP contribution in [0.5, 0.6) is 0 Å². The van der Waals surface area contributed by atoms with Gasteiger partial charge in [0.05, 0.1) is 0 Å². The van der Waals surface area contributed by atoms with Gasteiger partial charge in [-0.2, -0.15) is 5.10 Å². The minimum atomic E-state index is -0.656. The van der Waals surface area contributed by atoms with E-state index in [2.05, 4.69) is 22.7 Å². The van der Waals surface area contributed by atoms with E-state index in [1.807, 2.05) is 16.9 Å². The first-order valence-electron chi connectivity index (χ1n) is 7.18. The van der Waals surface area contributed by atoms with Crippen molar-refractivity contribution in [1.29, 1.82) is 0 Å². The molecular weight excluding hydrogens is 256 g/mol. The molecule has 6 heteroatoms. The minimum Gasteiger partial charge on any atom is -0.368 e. The van der Waals surface area contributed by atoms with Crippen LogP contribution in [0.2, 0.25) is 0 Å². The summed E-state index contributed by atoms with van der Waals surface area (Å²) in [7, 11) is 1.62. The smallest absolute Gasteiger partial charge is 0.252 e. The Morgan fingerprint density at radius 3 is 2.90 bits per heavy atom. The zero-order valence-electron chi connectivity index (χ0n) is 12.3. The highest BCUT2D eigenvalue weighted by atomic mass is 16.5. The lowest BCUT2D eigenvalue weighted by Crippen LogP contribution is -2.54. The standard InChI is InChI=1S/C14H24N4O2/c1-12(11-18-9-3-6-17-18)10-16-13(19)14(20-2)4-7-15-8-5-14/h3,6,9,12,15H,4-5,7-8,10-11H2,1-2H3,(H,16,19). The van der Waals surface area contributed by atoms with Crippen LogP contribution in [0.4, 0.5) is 0 Å². The predicted octanol–water partition coefficient (Wildman–Crippen LogP) is 0.404. The van der Waals surface area contributed by atoms with Crippen molar-refractivity contribution in [3.8, 4) is 0 Å². The molecule has 2 rings (SSSR count). The van der Waals surface area contributed by atoms with E-state index >= 15 is 0 Å². The number of nitrogens with zero attached hydrogens (tertiary/aromatic N) is 2. The maximum Gasteiger partial charge on any atom is 0.252 e. The Morgan fingerprint density at radius 2 is 2.30 bits per heavy atom. The van der Waals surface area contributed by atoms with Crippen molar-refractivity contribution in [2.24, 2.45) is 5.92 Å². The molecule has 1 unspecified atom stereocenters. The van der Waals surface area contributed by atoms with Crippen molar-refractivity contribution in [2.75, 3.05) is 26.7 Å². The highest BCUT2D eigenvalue weighted by molar-refractivity contribution is 5.85. The molecule has 0 aromatic carbocycles. The average Bonchev–Trinajstić information content (AvgIpc) is 2.98. The monoisotopic (exact) mass is 280 g/mol. The molecule has 0 aliphatic carbocycles. The highest BCUT2D eigenvalue weighted by Gasteiger charge is 2.39. The summed E-state index contributed by atoms with van der Waals surface area (Å²) < 4.78 is 7.39. The van der Waals surface area contributed by atoms with Crippen molar-refractivity contribution < 1.29 is 9.53 Å². The Labute approximate surface area is 119 Å². The van der Waals surface area contributed by atoms with Crippen molar-refractivity contribution in [3.05, 3.63) is 18.5 Å². The zero-order chi connectivity index (χ0) is 14.4. The molecule has 0 bridgehead atoms. The SMILES string of the molecule is COC1(C(=O)NCC(C)Cn2cccn2)CCNCC1. The second kappa shape index (κ2) is 6.85. The number of rotatable bonds is 6. The topological polar surface area (TPSA) is 68.2 Å². The Bertz CT molecular complexity index is 413. The number of hydrogen-bond acceptors (Lipinski definition) is 4. The summed E-state index contributed by atoms with van der Waals surface area (Å²) in [5, 5.41) is 10.4. The molecular formula is C14H24N4O2. The molecule has 1 aliphatic heterocycles. The van der Waals surface area contributed by atoms with Gasteiger partial charge in [-0.05, 0) is 37.9 Å². The maximum absolute atomic E-state index is 12.4. The van der Waals surface area contributed by atoms with Crippen LogP contribution in [0, 0.1) is 5.92 Å². The van der Waals surface area contributed by atoms with Gasteiger partial charge in [0.15, 0.2) is 0 Å². The highest BCUT2D eigenvalue weighted by Crippen LogP contribution is 2.22. The van der Waals surface area contributed by atoms with Gasteiger partial charge in [-0.25, -0.2) is 0 Å². The summed E-state index contributed by atoms with van der Waals surface area (Å²) in [5.41, 5.74) is -0.656. The number of ether oxygens (including phenoxy) is 1. The summed E-state index contributed by atoms with van der Waals surface area (Å²) in [6, 6.07) is 1.90. The van der Waals surface area contributed by atoms with Gasteiger partial charge in [0.25, 0.3) is 5.91 Å². The summed E-state index contributed by atoms with van der Waals surface area (Å²) >= 11 is 0. The van der Waals surface area contributed by atoms with Crippen LogP contribution in [0.25, 0.3) is 0 Å². The second-order valence-corrected chi connectivity index (χ2v) is 5.49. The van der Waals surface area contributed by atoms with Crippen molar-refractivity contribution in [3.63, 3.8) is 0 Å². The summed E-state index contributed by atoms with van der Waals surface area (Å²) in [4.78, 5) is 12.4. The number of carbonyl (C=O) groups is 1. The van der Waals surface area contributed by atoms with Crippen LogP contribution in [0.15, 0.2) is 18.5 Å². The van der Waals surface area contributed by atoms with Gasteiger partial charge >= 0.3 is 0 Å². The number of piperidine rings is 1. The summed E-state index contributed by atoms with van der Waals surface area (Å²) in [6.45, 7) is 5.18. The van der Waals surface area contributed by atoms with Crippen LogP contribution < -0.4 is 10.6 Å². The molecule has 1 amide bonds. The Morgan fingerprint density at radius 1 is 1.55 bits per heavy atom. The van der Waals surface area contributed by atoms with E-state index in [0.29, 0.717) is 12.5 Å². The lowest BCUT2D eigenvalue weighted by atomic mass is 9.91. The van der Waals surface area contributed by atoms with E-state index in [4.69, 9.17) is 4.74 Å². The van der Waals surface area contributed by atoms with Crippen LogP contribution in [-0.4, -0.2) is 48.0 Å². The molecule has 2 N–H and O–H groups in total. The van der Waals surface area contributed by atoms with Crippen LogP contribution in [0.1, 0.15) is 19.8 Å². The fourth-order valence-corrected chi connectivity index (χ4v) is 2.57. The molecule has 0 saturated carbocycles. The largest absolute Gasteiger partial charge is 0.368 e. The molecule has 2 heterocycles. The summed E-state index contributed by atoms with van der Waals surface area (Å²) in [5.74, 6) is 0.336. The number of methoxy groups -OCH3 is 1. The third-order valence-corrected chi connectivity index (χ3v) is 3.88. The minimum absolute atomic E-state index is 0.00816. The maximum atomic E-state index is 12.4. The predicted molar refractivity (Wildman–Crippen MR) is 76.2 cm³/mol. The molecule has 6 nitrogen and oxygen atoms in total. The van der Waals surface area contributed by atoms with Crippen LogP contribution >= 0.6 is 0 Å². The third-order valence-electron chi connectivity index (χ3n) is 3.88. The molecule has 1 aromatic heterocycles. The van der Waals surface area contributed by atoms with Gasteiger partial charge in [-0.1, -0.05) is 6.92 Å². The molecule has 1 atom stereocenters. The number of aromatic nitrogens is 2. The van der Waals surface area contributed by atoms with Crippen molar-refractivity contribution >= 4 is 5.91 Å². The first kappa shape index (κ1) is 15.0. The van der Waals surface area contributed by atoms with Crippen molar-refractivity contribution in [2.45, 2.75) is 31.9 Å². The third kappa shape index (κ3) is 3.58. The molecule has 20 heavy (non-hydrogen) atoms. The molecule has 1 saturated heterocycles. The lowest BCUT2D eigenvalue weighted by molar-refractivity contribution is -0.146. The second-order valence-electron chi connectivity index (χ2n) is 5.49. The molecule has 1 aromatic rings. The van der Waals surface area contributed by atoms with Gasteiger partial charge < -0.3 is 15.4 Å². The fourth-order valence-electron chi connectivity index (χ4n) is 2.57. The van der Waals surface area contributed by atoms with Gasteiger partial charge in [0.2, 0.25) is 0 Å². The average molecular weight is 280 g/mol. The normalized spacial score (nSPS) is 19.5. The van der Waals surface area contributed by atoms with Crippen molar-refractivity contribution in [1.82, 2.24) is 20.4 Å². The Kier molecular flexibility index (Phi) is 5.14. The lowest BCUT2D eigenvalue weighted by Gasteiger charge is -2.35. The number of nitrogens with one attached hydrogen (secondary N) is 2. The number of hydrogen-bond donors (Lipinski definition) is 2. The number of amides is 1. The van der Waals surface area contributed by atoms with Gasteiger partial charge in [-0.3, -0.25) is 9.48 Å². The molecule has 1 fully saturated rings. The van der Waals surface area contributed by atoms with Gasteiger partial charge in [0, 0.05) is 32.6 Å². The van der Waals surface area contributed by atoms with E-state index in [1.165, 1.54) is 0 Å². The van der Waals surface area contributed by atoms with E-state index < -0.39 is 5.60 Å². The van der Waals surface area contributed by atoms with Crippen LogP contribution in [0.3, 0.4) is 0 Å². The van der Waals surface area contributed by atoms with E-state index in [9.17, 15) is 4.79 Å². The molecule has 0 radical (unpaired) electrons. The van der Waals surface area contributed by atoms with E-state index in [1.54, 1.807) is 13.3 Å². The quantitative estimate of drug-likeness (QED) is 0.792.